The minimum absolute atomic E-state index is 0.0542. The van der Waals surface area contributed by atoms with Gasteiger partial charge in [0.05, 0.1) is 19.1 Å². The second-order valence-corrected chi connectivity index (χ2v) is 11.4. The number of benzene rings is 1. The molecule has 1 aromatic carbocycles. The molecule has 0 spiro atoms. The van der Waals surface area contributed by atoms with Crippen LogP contribution in [0.4, 0.5) is 0 Å². The summed E-state index contributed by atoms with van der Waals surface area (Å²) in [4.78, 5) is 48.2. The number of carbonyl (C=O) groups is 3. The summed E-state index contributed by atoms with van der Waals surface area (Å²) in [5.74, 6) is -0.846. The Morgan fingerprint density at radius 3 is 2.61 bits per heavy atom. The summed E-state index contributed by atoms with van der Waals surface area (Å²) in [5.41, 5.74) is 0.744. The molecule has 2 saturated heterocycles. The SMILES string of the molecule is CCCON(CCC)C(=O)CN1C[C@H](c2ccc3c(c2)OCO3)[C@@H](C(=O)O)[C@@H]1CCN1CC(C)(C)CC1=O. The fourth-order valence-corrected chi connectivity index (χ4v) is 5.93. The first-order valence-electron chi connectivity index (χ1n) is 13.7. The van der Waals surface area contributed by atoms with Gasteiger partial charge in [0.2, 0.25) is 12.7 Å². The Hall–Kier alpha value is -2.85. The molecule has 3 aliphatic rings. The molecule has 210 valence electrons. The Morgan fingerprint density at radius 2 is 1.95 bits per heavy atom. The van der Waals surface area contributed by atoms with Gasteiger partial charge >= 0.3 is 5.97 Å². The number of aliphatic carboxylic acids is 1. The lowest BCUT2D eigenvalue weighted by atomic mass is 9.84. The van der Waals surface area contributed by atoms with Crippen LogP contribution >= 0.6 is 0 Å². The van der Waals surface area contributed by atoms with Crippen molar-refractivity contribution >= 4 is 17.8 Å². The number of ether oxygens (including phenoxy) is 2. The average Bonchev–Trinajstić information content (AvgIpc) is 3.54. The highest BCUT2D eigenvalue weighted by Gasteiger charge is 2.48. The maximum Gasteiger partial charge on any atom is 0.308 e. The van der Waals surface area contributed by atoms with E-state index in [0.717, 1.165) is 18.4 Å². The number of fused-ring (bicyclic) bond motifs is 1. The van der Waals surface area contributed by atoms with Crippen LogP contribution in [0.25, 0.3) is 0 Å². The van der Waals surface area contributed by atoms with E-state index >= 15 is 0 Å². The van der Waals surface area contributed by atoms with Crippen LogP contribution in [-0.2, 0) is 19.2 Å². The van der Waals surface area contributed by atoms with Gasteiger partial charge in [-0.05, 0) is 42.4 Å². The third-order valence-corrected chi connectivity index (χ3v) is 7.65. The van der Waals surface area contributed by atoms with Gasteiger partial charge in [-0.15, -0.1) is 0 Å². The van der Waals surface area contributed by atoms with Crippen molar-refractivity contribution in [3.05, 3.63) is 23.8 Å². The molecule has 3 heterocycles. The molecule has 4 rings (SSSR count). The molecule has 3 atom stereocenters. The van der Waals surface area contributed by atoms with Crippen molar-refractivity contribution in [1.82, 2.24) is 14.9 Å². The van der Waals surface area contributed by atoms with Crippen molar-refractivity contribution in [1.29, 1.82) is 0 Å². The second-order valence-electron chi connectivity index (χ2n) is 11.4. The van der Waals surface area contributed by atoms with E-state index in [-0.39, 0.29) is 36.5 Å². The Labute approximate surface area is 224 Å². The topological polar surface area (TPSA) is 109 Å². The van der Waals surface area contributed by atoms with E-state index in [9.17, 15) is 19.5 Å². The van der Waals surface area contributed by atoms with E-state index in [1.165, 1.54) is 5.06 Å². The highest BCUT2D eigenvalue weighted by Crippen LogP contribution is 2.43. The monoisotopic (exact) mass is 531 g/mol. The third-order valence-electron chi connectivity index (χ3n) is 7.65. The molecule has 1 aromatic rings. The van der Waals surface area contributed by atoms with Gasteiger partial charge in [-0.2, -0.15) is 0 Å². The zero-order chi connectivity index (χ0) is 27.4. The van der Waals surface area contributed by atoms with Gasteiger partial charge in [0, 0.05) is 44.6 Å². The van der Waals surface area contributed by atoms with Crippen LogP contribution < -0.4 is 9.47 Å². The van der Waals surface area contributed by atoms with E-state index in [1.807, 2.05) is 41.8 Å². The minimum atomic E-state index is -0.909. The van der Waals surface area contributed by atoms with E-state index < -0.39 is 17.9 Å². The van der Waals surface area contributed by atoms with Crippen LogP contribution in [0.15, 0.2) is 18.2 Å². The molecule has 1 N–H and O–H groups in total. The van der Waals surface area contributed by atoms with Gasteiger partial charge in [0.15, 0.2) is 11.5 Å². The molecule has 0 aromatic heterocycles. The predicted octanol–water partition coefficient (Wildman–Crippen LogP) is 3.11. The Kier molecular flexibility index (Phi) is 8.82. The Bertz CT molecular complexity index is 1030. The summed E-state index contributed by atoms with van der Waals surface area (Å²) < 4.78 is 11.0. The molecular weight excluding hydrogens is 490 g/mol. The van der Waals surface area contributed by atoms with Crippen LogP contribution in [0.2, 0.25) is 0 Å². The Balaban J connectivity index is 1.58. The van der Waals surface area contributed by atoms with E-state index in [0.29, 0.717) is 57.1 Å². The van der Waals surface area contributed by atoms with E-state index in [1.54, 1.807) is 0 Å². The first-order valence-corrected chi connectivity index (χ1v) is 13.7. The standard InChI is InChI=1S/C28H41N3O7/c1-5-10-31(38-12-6-2)25(33)16-30-15-20(19-7-8-22-23(13-19)37-18-36-22)26(27(34)35)21(30)9-11-29-17-28(3,4)14-24(29)32/h7-8,13,20-21,26H,5-6,9-12,14-18H2,1-4H3,(H,34,35)/t20-,21+,26-/m1/s1. The molecular formula is C28H41N3O7. The lowest BCUT2D eigenvalue weighted by molar-refractivity contribution is -0.188. The number of nitrogens with zero attached hydrogens (tertiary/aromatic N) is 3. The third kappa shape index (κ3) is 6.23. The number of likely N-dealkylation sites (tertiary alicyclic amines) is 2. The van der Waals surface area contributed by atoms with E-state index in [2.05, 4.69) is 13.8 Å². The molecule has 2 fully saturated rings. The molecule has 0 saturated carbocycles. The number of hydroxylamine groups is 2. The van der Waals surface area contributed by atoms with Crippen molar-refractivity contribution in [3.8, 4) is 11.5 Å². The van der Waals surface area contributed by atoms with Crippen LogP contribution in [0, 0.1) is 11.3 Å². The fourth-order valence-electron chi connectivity index (χ4n) is 5.93. The van der Waals surface area contributed by atoms with Gasteiger partial charge in [-0.25, -0.2) is 5.06 Å². The van der Waals surface area contributed by atoms with Gasteiger partial charge in [0.25, 0.3) is 5.91 Å². The summed E-state index contributed by atoms with van der Waals surface area (Å²) in [6.45, 7) is 10.7. The molecule has 0 unspecified atom stereocenters. The summed E-state index contributed by atoms with van der Waals surface area (Å²) in [5, 5.41) is 11.8. The van der Waals surface area contributed by atoms with Crippen LogP contribution in [-0.4, -0.2) is 89.9 Å². The smallest absolute Gasteiger partial charge is 0.308 e. The van der Waals surface area contributed by atoms with Gasteiger partial charge < -0.3 is 19.5 Å². The van der Waals surface area contributed by atoms with Crippen molar-refractivity contribution < 1.29 is 33.8 Å². The predicted molar refractivity (Wildman–Crippen MR) is 140 cm³/mol. The molecule has 10 heteroatoms. The van der Waals surface area contributed by atoms with E-state index in [4.69, 9.17) is 14.3 Å². The lowest BCUT2D eigenvalue weighted by Gasteiger charge is -2.30. The van der Waals surface area contributed by atoms with Crippen LogP contribution in [0.3, 0.4) is 0 Å². The molecule has 0 radical (unpaired) electrons. The quantitative estimate of drug-likeness (QED) is 0.410. The minimum Gasteiger partial charge on any atom is -0.481 e. The molecule has 38 heavy (non-hydrogen) atoms. The van der Waals surface area contributed by atoms with Gasteiger partial charge in [-0.1, -0.05) is 33.8 Å². The van der Waals surface area contributed by atoms with Crippen LogP contribution in [0.1, 0.15) is 64.9 Å². The number of carboxylic acid groups (broad SMARTS) is 1. The maximum atomic E-state index is 13.3. The molecule has 10 nitrogen and oxygen atoms in total. The Morgan fingerprint density at radius 1 is 1.18 bits per heavy atom. The second kappa shape index (κ2) is 11.9. The molecule has 3 aliphatic heterocycles. The van der Waals surface area contributed by atoms with Crippen molar-refractivity contribution in [2.45, 2.75) is 65.3 Å². The van der Waals surface area contributed by atoms with Gasteiger partial charge in [0.1, 0.15) is 0 Å². The number of amides is 2. The normalized spacial score (nSPS) is 24.3. The zero-order valence-corrected chi connectivity index (χ0v) is 23.0. The number of carboxylic acids is 1. The number of hydrogen-bond acceptors (Lipinski definition) is 7. The summed E-state index contributed by atoms with van der Waals surface area (Å²) in [6.07, 6.45) is 2.50. The summed E-state index contributed by atoms with van der Waals surface area (Å²) in [7, 11) is 0. The number of carbonyl (C=O) groups excluding carboxylic acids is 2. The average molecular weight is 532 g/mol. The number of hydrogen-bond donors (Lipinski definition) is 1. The highest BCUT2D eigenvalue weighted by molar-refractivity contribution is 5.79. The summed E-state index contributed by atoms with van der Waals surface area (Å²) >= 11 is 0. The summed E-state index contributed by atoms with van der Waals surface area (Å²) in [6, 6.07) is 5.13. The highest BCUT2D eigenvalue weighted by atomic mass is 16.7. The fraction of sp³-hybridized carbons (Fsp3) is 0.679. The van der Waals surface area contributed by atoms with Crippen molar-refractivity contribution in [2.24, 2.45) is 11.3 Å². The molecule has 2 amide bonds. The maximum absolute atomic E-state index is 13.3. The van der Waals surface area contributed by atoms with Crippen molar-refractivity contribution in [3.63, 3.8) is 0 Å². The molecule has 0 aliphatic carbocycles. The van der Waals surface area contributed by atoms with Crippen LogP contribution in [0.5, 0.6) is 11.5 Å². The first kappa shape index (κ1) is 28.2. The largest absolute Gasteiger partial charge is 0.481 e. The number of rotatable bonds is 12. The van der Waals surface area contributed by atoms with Crippen molar-refractivity contribution in [2.75, 3.05) is 46.1 Å². The first-order chi connectivity index (χ1) is 18.1. The lowest BCUT2D eigenvalue weighted by Crippen LogP contribution is -2.45. The zero-order valence-electron chi connectivity index (χ0n) is 23.0. The van der Waals surface area contributed by atoms with Gasteiger partial charge in [-0.3, -0.25) is 24.1 Å². The molecule has 0 bridgehead atoms.